The molecule has 1 saturated heterocycles. The first-order valence-electron chi connectivity index (χ1n) is 14.6. The monoisotopic (exact) mass is 592 g/mol. The first kappa shape index (κ1) is 31.5. The van der Waals surface area contributed by atoms with E-state index in [2.05, 4.69) is 15.6 Å². The van der Waals surface area contributed by atoms with E-state index in [0.717, 1.165) is 22.0 Å². The van der Waals surface area contributed by atoms with Crippen molar-refractivity contribution in [3.8, 4) is 5.75 Å². The van der Waals surface area contributed by atoms with Gasteiger partial charge in [-0.2, -0.15) is 0 Å². The van der Waals surface area contributed by atoms with Crippen LogP contribution in [0.2, 0.25) is 0 Å². The third-order valence-electron chi connectivity index (χ3n) is 7.84. The van der Waals surface area contributed by atoms with Crippen LogP contribution in [0.1, 0.15) is 43.2 Å². The van der Waals surface area contributed by atoms with Gasteiger partial charge in [0.15, 0.2) is 0 Å². The van der Waals surface area contributed by atoms with Crippen LogP contribution in [0.25, 0.3) is 10.9 Å². The number of para-hydroxylation sites is 1. The highest BCUT2D eigenvalue weighted by atomic mass is 16.4. The largest absolute Gasteiger partial charge is 0.508 e. The summed E-state index contributed by atoms with van der Waals surface area (Å²) in [6.45, 7) is 0.764. The number of aromatic hydroxyl groups is 1. The molecular weight excluding hydrogens is 552 g/mol. The van der Waals surface area contributed by atoms with Gasteiger partial charge in [-0.25, -0.2) is 4.79 Å². The second-order valence-corrected chi connectivity index (χ2v) is 11.0. The summed E-state index contributed by atoms with van der Waals surface area (Å²) in [6.07, 6.45) is 4.46. The molecule has 4 atom stereocenters. The fourth-order valence-electron chi connectivity index (χ4n) is 5.51. The van der Waals surface area contributed by atoms with Crippen LogP contribution in [-0.4, -0.2) is 81.0 Å². The van der Waals surface area contributed by atoms with E-state index >= 15 is 0 Å². The lowest BCUT2D eigenvalue weighted by molar-refractivity contribution is -0.143. The van der Waals surface area contributed by atoms with Crippen LogP contribution in [0.3, 0.4) is 0 Å². The molecule has 2 heterocycles. The van der Waals surface area contributed by atoms with E-state index < -0.39 is 42.0 Å². The van der Waals surface area contributed by atoms with Crippen LogP contribution < -0.4 is 22.1 Å². The number of aliphatic carboxylic acids is 1. The standard InChI is InChI=1S/C31H40N6O6/c32-14-4-3-8-25(28(39)36-26(31(42)43)17-20-18-34-24-7-2-1-6-22(20)24)35-29(40)27-9-5-15-37(27)30(41)23(33)16-19-10-12-21(38)13-11-19/h1-2,6-7,10-13,18,23,25-27,34,38H,3-5,8-9,14-17,32-33H2,(H,35,40)(H,36,39)(H,42,43). The van der Waals surface area contributed by atoms with E-state index in [-0.39, 0.29) is 30.9 Å². The summed E-state index contributed by atoms with van der Waals surface area (Å²) in [5.41, 5.74) is 14.2. The van der Waals surface area contributed by atoms with E-state index in [0.29, 0.717) is 38.8 Å². The van der Waals surface area contributed by atoms with Crippen LogP contribution in [0.5, 0.6) is 5.75 Å². The van der Waals surface area contributed by atoms with Gasteiger partial charge in [-0.05, 0) is 74.4 Å². The Morgan fingerprint density at radius 1 is 1.00 bits per heavy atom. The number of likely N-dealkylation sites (tertiary alicyclic amines) is 1. The Labute approximate surface area is 249 Å². The molecule has 1 aliphatic rings. The van der Waals surface area contributed by atoms with E-state index in [1.54, 1.807) is 18.3 Å². The molecule has 9 N–H and O–H groups in total. The number of amides is 3. The quantitative estimate of drug-likeness (QED) is 0.135. The Morgan fingerprint density at radius 2 is 1.74 bits per heavy atom. The number of phenolic OH excluding ortho intramolecular Hbond substituents is 1. The number of carboxylic acid groups (broad SMARTS) is 1. The smallest absolute Gasteiger partial charge is 0.326 e. The Bertz CT molecular complexity index is 1420. The molecule has 43 heavy (non-hydrogen) atoms. The fourth-order valence-corrected chi connectivity index (χ4v) is 5.51. The average Bonchev–Trinajstić information content (AvgIpc) is 3.65. The van der Waals surface area contributed by atoms with Crippen LogP contribution in [0, 0.1) is 0 Å². The first-order chi connectivity index (χ1) is 20.7. The third-order valence-corrected chi connectivity index (χ3v) is 7.84. The van der Waals surface area contributed by atoms with Crippen LogP contribution >= 0.6 is 0 Å². The first-order valence-corrected chi connectivity index (χ1v) is 14.6. The Hall–Kier alpha value is -4.42. The molecule has 0 saturated carbocycles. The molecule has 4 unspecified atom stereocenters. The predicted octanol–water partition coefficient (Wildman–Crippen LogP) is 1.16. The number of carboxylic acids is 1. The molecular formula is C31H40N6O6. The molecule has 230 valence electrons. The van der Waals surface area contributed by atoms with Crippen molar-refractivity contribution >= 4 is 34.6 Å². The molecule has 0 radical (unpaired) electrons. The molecule has 1 aromatic heterocycles. The van der Waals surface area contributed by atoms with Gasteiger partial charge in [0.2, 0.25) is 17.7 Å². The Balaban J connectivity index is 1.42. The van der Waals surface area contributed by atoms with Crippen molar-refractivity contribution in [2.75, 3.05) is 13.1 Å². The van der Waals surface area contributed by atoms with E-state index in [1.165, 1.54) is 17.0 Å². The number of hydrogen-bond donors (Lipinski definition) is 7. The van der Waals surface area contributed by atoms with Crippen LogP contribution in [0.15, 0.2) is 54.7 Å². The Morgan fingerprint density at radius 3 is 2.47 bits per heavy atom. The summed E-state index contributed by atoms with van der Waals surface area (Å²) < 4.78 is 0. The minimum atomic E-state index is -1.22. The lowest BCUT2D eigenvalue weighted by atomic mass is 10.0. The van der Waals surface area contributed by atoms with Gasteiger partial charge in [-0.1, -0.05) is 30.3 Å². The number of carbonyl (C=O) groups excluding carboxylic acids is 3. The predicted molar refractivity (Wildman–Crippen MR) is 161 cm³/mol. The van der Waals surface area contributed by atoms with E-state index in [1.807, 2.05) is 24.3 Å². The summed E-state index contributed by atoms with van der Waals surface area (Å²) in [5.74, 6) is -2.56. The zero-order valence-corrected chi connectivity index (χ0v) is 24.0. The molecule has 0 bridgehead atoms. The molecule has 2 aromatic carbocycles. The number of carbonyl (C=O) groups is 4. The third kappa shape index (κ3) is 8.11. The van der Waals surface area contributed by atoms with Gasteiger partial charge >= 0.3 is 5.97 Å². The number of fused-ring (bicyclic) bond motifs is 1. The SMILES string of the molecule is NCCCCC(NC(=O)C1CCCN1C(=O)C(N)Cc1ccc(O)cc1)C(=O)NC(Cc1c[nH]c2ccccc12)C(=O)O. The number of nitrogens with two attached hydrogens (primary N) is 2. The summed E-state index contributed by atoms with van der Waals surface area (Å²) >= 11 is 0. The van der Waals surface area contributed by atoms with Crippen molar-refractivity contribution in [1.82, 2.24) is 20.5 Å². The second kappa shape index (κ2) is 14.7. The molecule has 0 aliphatic carbocycles. The van der Waals surface area contributed by atoms with Crippen LogP contribution in [0.4, 0.5) is 0 Å². The minimum Gasteiger partial charge on any atom is -0.508 e. The highest BCUT2D eigenvalue weighted by Crippen LogP contribution is 2.21. The normalized spacial score (nSPS) is 16.9. The lowest BCUT2D eigenvalue weighted by Gasteiger charge is -2.29. The topological polar surface area (TPSA) is 204 Å². The molecule has 0 spiro atoms. The van der Waals surface area contributed by atoms with Gasteiger partial charge in [0, 0.05) is 30.1 Å². The van der Waals surface area contributed by atoms with Crippen molar-refractivity contribution < 1.29 is 29.4 Å². The molecule has 1 aliphatic heterocycles. The molecule has 3 amide bonds. The second-order valence-electron chi connectivity index (χ2n) is 11.0. The summed E-state index contributed by atoms with van der Waals surface area (Å²) in [6, 6.07) is 9.98. The van der Waals surface area contributed by atoms with E-state index in [9.17, 15) is 29.4 Å². The number of nitrogens with one attached hydrogen (secondary N) is 3. The van der Waals surface area contributed by atoms with Crippen molar-refractivity contribution in [3.05, 3.63) is 65.9 Å². The van der Waals surface area contributed by atoms with Gasteiger partial charge in [0.05, 0.1) is 6.04 Å². The maximum absolute atomic E-state index is 13.4. The number of unbranched alkanes of at least 4 members (excludes halogenated alkanes) is 1. The number of phenols is 1. The maximum atomic E-state index is 13.4. The molecule has 3 aromatic rings. The average molecular weight is 593 g/mol. The highest BCUT2D eigenvalue weighted by Gasteiger charge is 2.38. The zero-order valence-electron chi connectivity index (χ0n) is 24.0. The highest BCUT2D eigenvalue weighted by molar-refractivity contribution is 5.94. The Kier molecular flexibility index (Phi) is 10.7. The molecule has 4 rings (SSSR count). The number of nitrogens with zero attached hydrogens (tertiary/aromatic N) is 1. The maximum Gasteiger partial charge on any atom is 0.326 e. The molecule has 12 heteroatoms. The lowest BCUT2D eigenvalue weighted by Crippen LogP contribution is -2.57. The van der Waals surface area contributed by atoms with Crippen LogP contribution in [-0.2, 0) is 32.0 Å². The van der Waals surface area contributed by atoms with Gasteiger partial charge < -0.3 is 42.2 Å². The van der Waals surface area contributed by atoms with Gasteiger partial charge in [0.25, 0.3) is 0 Å². The van der Waals surface area contributed by atoms with Crippen molar-refractivity contribution in [3.63, 3.8) is 0 Å². The number of benzene rings is 2. The van der Waals surface area contributed by atoms with Crippen molar-refractivity contribution in [1.29, 1.82) is 0 Å². The number of aromatic nitrogens is 1. The summed E-state index contributed by atoms with van der Waals surface area (Å²) in [7, 11) is 0. The van der Waals surface area contributed by atoms with E-state index in [4.69, 9.17) is 11.5 Å². The number of H-pyrrole nitrogens is 1. The molecule has 1 fully saturated rings. The van der Waals surface area contributed by atoms with Gasteiger partial charge in [-0.3, -0.25) is 14.4 Å². The number of hydrogen-bond acceptors (Lipinski definition) is 7. The summed E-state index contributed by atoms with van der Waals surface area (Å²) in [5, 5.41) is 25.7. The minimum absolute atomic E-state index is 0.0539. The number of rotatable bonds is 14. The fraction of sp³-hybridized carbons (Fsp3) is 0.419. The summed E-state index contributed by atoms with van der Waals surface area (Å²) in [4.78, 5) is 56.8. The number of aromatic amines is 1. The van der Waals surface area contributed by atoms with Crippen molar-refractivity contribution in [2.45, 2.75) is 69.1 Å². The molecule has 12 nitrogen and oxygen atoms in total. The van der Waals surface area contributed by atoms with Gasteiger partial charge in [0.1, 0.15) is 23.9 Å². The van der Waals surface area contributed by atoms with Gasteiger partial charge in [-0.15, -0.1) is 0 Å². The zero-order chi connectivity index (χ0) is 30.9. The van der Waals surface area contributed by atoms with Crippen molar-refractivity contribution in [2.24, 2.45) is 11.5 Å².